The van der Waals surface area contributed by atoms with Gasteiger partial charge in [-0.05, 0) is 48.5 Å². The first-order chi connectivity index (χ1) is 15.7. The van der Waals surface area contributed by atoms with Crippen LogP contribution in [0.15, 0.2) is 71.5 Å². The number of aromatic amines is 1. The molecule has 0 bridgehead atoms. The zero-order chi connectivity index (χ0) is 22.1. The van der Waals surface area contributed by atoms with E-state index in [0.29, 0.717) is 5.39 Å². The maximum Gasteiger partial charge on any atom is 0.272 e. The summed E-state index contributed by atoms with van der Waals surface area (Å²) in [6.07, 6.45) is 0. The molecule has 0 spiro atoms. The van der Waals surface area contributed by atoms with E-state index in [-0.39, 0.29) is 17.5 Å². The van der Waals surface area contributed by atoms with Gasteiger partial charge in [-0.25, -0.2) is 5.10 Å². The lowest BCUT2D eigenvalue weighted by Crippen LogP contribution is -2.28. The molecule has 1 aromatic heterocycles. The standard InChI is InChI=1S/C26H27N5O/c1-27-14-16-6-10-18(11-7-16)22-24(19-12-8-17(9-13-19)15-28-2)29-21-5-3-4-20-23(21)25(22)30-31-26(20)32/h3-13,22,24,27-29H,14-15H2,1-2H3,(H,31,32). The van der Waals surface area contributed by atoms with Crippen molar-refractivity contribution in [2.24, 2.45) is 0 Å². The first-order valence-electron chi connectivity index (χ1n) is 10.9. The van der Waals surface area contributed by atoms with Crippen molar-refractivity contribution in [3.63, 3.8) is 0 Å². The van der Waals surface area contributed by atoms with Crippen LogP contribution in [0.3, 0.4) is 0 Å². The molecule has 2 heterocycles. The third-order valence-corrected chi connectivity index (χ3v) is 6.22. The summed E-state index contributed by atoms with van der Waals surface area (Å²) in [5.74, 6) is -0.0389. The van der Waals surface area contributed by atoms with Crippen molar-refractivity contribution >= 4 is 16.5 Å². The van der Waals surface area contributed by atoms with Crippen LogP contribution in [0.4, 0.5) is 5.69 Å². The largest absolute Gasteiger partial charge is 0.377 e. The Balaban J connectivity index is 1.67. The van der Waals surface area contributed by atoms with Crippen LogP contribution in [0.1, 0.15) is 39.9 Å². The summed E-state index contributed by atoms with van der Waals surface area (Å²) < 4.78 is 0. The quantitative estimate of drug-likeness (QED) is 0.379. The first kappa shape index (κ1) is 20.4. The van der Waals surface area contributed by atoms with Crippen LogP contribution in [0.5, 0.6) is 0 Å². The molecule has 3 aromatic carbocycles. The van der Waals surface area contributed by atoms with Gasteiger partial charge >= 0.3 is 0 Å². The normalized spacial score (nSPS) is 17.3. The summed E-state index contributed by atoms with van der Waals surface area (Å²) in [4.78, 5) is 12.5. The number of hydrogen-bond acceptors (Lipinski definition) is 5. The van der Waals surface area contributed by atoms with Crippen LogP contribution in [0.2, 0.25) is 0 Å². The Morgan fingerprint density at radius 3 is 2.09 bits per heavy atom. The Labute approximate surface area is 187 Å². The van der Waals surface area contributed by atoms with Gasteiger partial charge in [0.1, 0.15) is 0 Å². The van der Waals surface area contributed by atoms with Crippen molar-refractivity contribution in [2.45, 2.75) is 25.0 Å². The summed E-state index contributed by atoms with van der Waals surface area (Å²) in [6.45, 7) is 1.66. The summed E-state index contributed by atoms with van der Waals surface area (Å²) in [7, 11) is 3.90. The average Bonchev–Trinajstić information content (AvgIpc) is 2.82. The maximum atomic E-state index is 12.5. The number of H-pyrrole nitrogens is 1. The Hall–Kier alpha value is -3.48. The fraction of sp³-hybridized carbons (Fsp3) is 0.231. The minimum atomic E-state index is -0.162. The maximum absolute atomic E-state index is 12.5. The van der Waals surface area contributed by atoms with Gasteiger partial charge in [-0.2, -0.15) is 5.10 Å². The predicted molar refractivity (Wildman–Crippen MR) is 129 cm³/mol. The van der Waals surface area contributed by atoms with Gasteiger partial charge in [0.25, 0.3) is 5.56 Å². The number of rotatable bonds is 6. The highest BCUT2D eigenvalue weighted by molar-refractivity contribution is 5.97. The van der Waals surface area contributed by atoms with Gasteiger partial charge < -0.3 is 16.0 Å². The number of hydrogen-bond donors (Lipinski definition) is 4. The lowest BCUT2D eigenvalue weighted by Gasteiger charge is -2.35. The minimum Gasteiger partial charge on any atom is -0.377 e. The molecule has 1 aliphatic rings. The monoisotopic (exact) mass is 425 g/mol. The Kier molecular flexibility index (Phi) is 5.47. The highest BCUT2D eigenvalue weighted by Crippen LogP contribution is 2.46. The zero-order valence-corrected chi connectivity index (χ0v) is 18.3. The van der Waals surface area contributed by atoms with Gasteiger partial charge in [-0.15, -0.1) is 0 Å². The molecule has 0 saturated heterocycles. The molecule has 2 unspecified atom stereocenters. The zero-order valence-electron chi connectivity index (χ0n) is 18.3. The summed E-state index contributed by atoms with van der Waals surface area (Å²) >= 11 is 0. The van der Waals surface area contributed by atoms with Crippen molar-refractivity contribution in [2.75, 3.05) is 19.4 Å². The van der Waals surface area contributed by atoms with E-state index in [1.165, 1.54) is 16.7 Å². The van der Waals surface area contributed by atoms with Gasteiger partial charge in [0.15, 0.2) is 0 Å². The second-order valence-corrected chi connectivity index (χ2v) is 8.31. The first-order valence-corrected chi connectivity index (χ1v) is 10.9. The SMILES string of the molecule is CNCc1ccc(C2Nc3cccc4c(=O)[nH]nc(c34)C2c2ccc(CNC)cc2)cc1. The second kappa shape index (κ2) is 8.57. The fourth-order valence-electron chi connectivity index (χ4n) is 4.72. The highest BCUT2D eigenvalue weighted by atomic mass is 16.1. The van der Waals surface area contributed by atoms with Crippen molar-refractivity contribution in [1.82, 2.24) is 20.8 Å². The molecular formula is C26H27N5O. The number of benzene rings is 3. The molecule has 2 atom stereocenters. The van der Waals surface area contributed by atoms with E-state index < -0.39 is 0 Å². The minimum absolute atomic E-state index is 0.00899. The van der Waals surface area contributed by atoms with Crippen molar-refractivity contribution < 1.29 is 0 Å². The van der Waals surface area contributed by atoms with Crippen LogP contribution >= 0.6 is 0 Å². The molecule has 162 valence electrons. The molecule has 5 rings (SSSR count). The van der Waals surface area contributed by atoms with Crippen LogP contribution in [0.25, 0.3) is 10.8 Å². The molecule has 0 aliphatic carbocycles. The summed E-state index contributed by atoms with van der Waals surface area (Å²) in [5.41, 5.74) is 6.51. The van der Waals surface area contributed by atoms with Gasteiger partial charge in [0.05, 0.1) is 23.0 Å². The Morgan fingerprint density at radius 1 is 0.844 bits per heavy atom. The average molecular weight is 426 g/mol. The molecule has 32 heavy (non-hydrogen) atoms. The third kappa shape index (κ3) is 3.57. The van der Waals surface area contributed by atoms with Crippen LogP contribution < -0.4 is 21.5 Å². The van der Waals surface area contributed by atoms with Gasteiger partial charge in [-0.3, -0.25) is 4.79 Å². The van der Waals surface area contributed by atoms with E-state index in [4.69, 9.17) is 0 Å². The molecule has 0 radical (unpaired) electrons. The van der Waals surface area contributed by atoms with E-state index in [1.54, 1.807) is 0 Å². The molecule has 6 nitrogen and oxygen atoms in total. The van der Waals surface area contributed by atoms with E-state index in [9.17, 15) is 4.79 Å². The van der Waals surface area contributed by atoms with Crippen LogP contribution in [-0.4, -0.2) is 24.3 Å². The van der Waals surface area contributed by atoms with Crippen molar-refractivity contribution in [1.29, 1.82) is 0 Å². The highest BCUT2D eigenvalue weighted by Gasteiger charge is 2.34. The summed E-state index contributed by atoms with van der Waals surface area (Å²) in [5, 5.41) is 19.0. The lowest BCUT2D eigenvalue weighted by molar-refractivity contribution is 0.637. The molecule has 1 aliphatic heterocycles. The van der Waals surface area contributed by atoms with Crippen LogP contribution in [0, 0.1) is 0 Å². The molecule has 0 saturated carbocycles. The summed E-state index contributed by atoms with van der Waals surface area (Å²) in [6, 6.07) is 23.2. The predicted octanol–water partition coefficient (Wildman–Crippen LogP) is 3.66. The number of anilines is 1. The molecule has 6 heteroatoms. The van der Waals surface area contributed by atoms with E-state index >= 15 is 0 Å². The van der Waals surface area contributed by atoms with E-state index in [2.05, 4.69) is 74.7 Å². The number of nitrogens with one attached hydrogen (secondary N) is 4. The molecule has 0 fully saturated rings. The van der Waals surface area contributed by atoms with Gasteiger partial charge in [0.2, 0.25) is 0 Å². The van der Waals surface area contributed by atoms with Gasteiger partial charge in [-0.1, -0.05) is 54.6 Å². The second-order valence-electron chi connectivity index (χ2n) is 8.31. The lowest BCUT2D eigenvalue weighted by atomic mass is 9.79. The van der Waals surface area contributed by atoms with E-state index in [1.807, 2.05) is 32.3 Å². The topological polar surface area (TPSA) is 81.8 Å². The Bertz CT molecular complexity index is 1290. The number of aromatic nitrogens is 2. The third-order valence-electron chi connectivity index (χ3n) is 6.22. The van der Waals surface area contributed by atoms with Crippen molar-refractivity contribution in [3.8, 4) is 0 Å². The van der Waals surface area contributed by atoms with E-state index in [0.717, 1.165) is 35.4 Å². The Morgan fingerprint density at radius 2 is 1.47 bits per heavy atom. The molecule has 4 aromatic rings. The molecule has 0 amide bonds. The van der Waals surface area contributed by atoms with Crippen molar-refractivity contribution in [3.05, 3.63) is 105 Å². The number of nitrogens with zero attached hydrogens (tertiary/aromatic N) is 1. The smallest absolute Gasteiger partial charge is 0.272 e. The molecule has 4 N–H and O–H groups in total. The van der Waals surface area contributed by atoms with Gasteiger partial charge in [0, 0.05) is 24.2 Å². The molecular weight excluding hydrogens is 398 g/mol. The fourth-order valence-corrected chi connectivity index (χ4v) is 4.72. The van der Waals surface area contributed by atoms with Crippen LogP contribution in [-0.2, 0) is 13.1 Å².